The number of nitrogens with zero attached hydrogens (tertiary/aromatic N) is 1. The van der Waals surface area contributed by atoms with Crippen LogP contribution in [0.4, 0.5) is 0 Å². The molecule has 0 radical (unpaired) electrons. The Hall–Kier alpha value is -1.48. The lowest BCUT2D eigenvalue weighted by Gasteiger charge is -2.10. The van der Waals surface area contributed by atoms with Crippen molar-refractivity contribution in [3.05, 3.63) is 46.7 Å². The van der Waals surface area contributed by atoms with Crippen molar-refractivity contribution < 1.29 is 4.79 Å². The quantitative estimate of drug-likeness (QED) is 0.629. The molecular formula is C12H13ClN2O. The van der Waals surface area contributed by atoms with Crippen LogP contribution in [0.5, 0.6) is 0 Å². The van der Waals surface area contributed by atoms with E-state index in [0.29, 0.717) is 10.6 Å². The molecule has 1 fully saturated rings. The molecule has 3 nitrogen and oxygen atoms in total. The van der Waals surface area contributed by atoms with Gasteiger partial charge in [-0.3, -0.25) is 4.79 Å². The zero-order valence-electron chi connectivity index (χ0n) is 9.03. The van der Waals surface area contributed by atoms with E-state index in [2.05, 4.69) is 5.32 Å². The van der Waals surface area contributed by atoms with E-state index in [1.807, 2.05) is 11.9 Å². The first-order valence-electron chi connectivity index (χ1n) is 5.13. The number of allylic oxidation sites excluding steroid dienone is 1. The van der Waals surface area contributed by atoms with Crippen LogP contribution < -0.4 is 5.32 Å². The molecule has 0 spiro atoms. The van der Waals surface area contributed by atoms with E-state index in [1.54, 1.807) is 30.3 Å². The zero-order valence-corrected chi connectivity index (χ0v) is 9.79. The van der Waals surface area contributed by atoms with Crippen LogP contribution in [0.3, 0.4) is 0 Å². The fourth-order valence-corrected chi connectivity index (χ4v) is 1.72. The Bertz CT molecular complexity index is 425. The van der Waals surface area contributed by atoms with Gasteiger partial charge in [0.25, 0.3) is 0 Å². The van der Waals surface area contributed by atoms with Gasteiger partial charge in [0.15, 0.2) is 5.78 Å². The van der Waals surface area contributed by atoms with Gasteiger partial charge in [-0.05, 0) is 24.3 Å². The fourth-order valence-electron chi connectivity index (χ4n) is 1.59. The maximum absolute atomic E-state index is 11.9. The number of carbonyl (C=O) groups is 1. The Morgan fingerprint density at radius 1 is 1.44 bits per heavy atom. The summed E-state index contributed by atoms with van der Waals surface area (Å²) in [5.74, 6) is 0.868. The fraction of sp³-hybridized carbons (Fsp3) is 0.250. The number of likely N-dealkylation sites (N-methyl/N-ethyl adjacent to an activating group) is 1. The van der Waals surface area contributed by atoms with E-state index in [1.165, 1.54) is 0 Å². The second-order valence-electron chi connectivity index (χ2n) is 3.75. The predicted molar refractivity (Wildman–Crippen MR) is 64.5 cm³/mol. The van der Waals surface area contributed by atoms with Crippen LogP contribution in [0.15, 0.2) is 36.2 Å². The van der Waals surface area contributed by atoms with Gasteiger partial charge in [-0.2, -0.15) is 0 Å². The maximum atomic E-state index is 11.9. The lowest BCUT2D eigenvalue weighted by molar-refractivity contribution is 0.104. The Morgan fingerprint density at radius 3 is 2.69 bits per heavy atom. The van der Waals surface area contributed by atoms with Gasteiger partial charge in [0.05, 0.1) is 0 Å². The second-order valence-corrected chi connectivity index (χ2v) is 4.19. The summed E-state index contributed by atoms with van der Waals surface area (Å²) < 4.78 is 0. The van der Waals surface area contributed by atoms with Gasteiger partial charge in [-0.15, -0.1) is 0 Å². The van der Waals surface area contributed by atoms with Crippen LogP contribution in [0, 0.1) is 0 Å². The maximum Gasteiger partial charge on any atom is 0.189 e. The average Bonchev–Trinajstić information content (AvgIpc) is 2.65. The van der Waals surface area contributed by atoms with Crippen LogP contribution in [-0.4, -0.2) is 30.8 Å². The molecule has 1 saturated heterocycles. The van der Waals surface area contributed by atoms with Crippen molar-refractivity contribution in [1.82, 2.24) is 10.2 Å². The molecule has 84 valence electrons. The molecule has 0 aliphatic carbocycles. The summed E-state index contributed by atoms with van der Waals surface area (Å²) in [5.41, 5.74) is 0.652. The van der Waals surface area contributed by atoms with E-state index in [0.717, 1.165) is 18.9 Å². The smallest absolute Gasteiger partial charge is 0.189 e. The average molecular weight is 237 g/mol. The summed E-state index contributed by atoms with van der Waals surface area (Å²) in [5, 5.41) is 3.80. The predicted octanol–water partition coefficient (Wildman–Crippen LogP) is 1.90. The number of ketones is 1. The third-order valence-electron chi connectivity index (χ3n) is 2.56. The van der Waals surface area contributed by atoms with Crippen molar-refractivity contribution >= 4 is 17.4 Å². The van der Waals surface area contributed by atoms with Gasteiger partial charge in [-0.25, -0.2) is 0 Å². The van der Waals surface area contributed by atoms with E-state index in [4.69, 9.17) is 11.6 Å². The van der Waals surface area contributed by atoms with Crippen molar-refractivity contribution in [3.8, 4) is 0 Å². The van der Waals surface area contributed by atoms with Gasteiger partial charge in [-0.1, -0.05) is 11.6 Å². The summed E-state index contributed by atoms with van der Waals surface area (Å²) >= 11 is 5.76. The molecule has 1 heterocycles. The van der Waals surface area contributed by atoms with E-state index in [-0.39, 0.29) is 5.78 Å². The minimum Gasteiger partial charge on any atom is -0.370 e. The normalized spacial score (nSPS) is 17.6. The molecule has 4 heteroatoms. The van der Waals surface area contributed by atoms with Crippen LogP contribution in [-0.2, 0) is 0 Å². The van der Waals surface area contributed by atoms with Crippen LogP contribution in [0.25, 0.3) is 0 Å². The third kappa shape index (κ3) is 2.36. The lowest BCUT2D eigenvalue weighted by atomic mass is 10.1. The molecule has 0 unspecified atom stereocenters. The molecule has 0 saturated carbocycles. The first kappa shape index (κ1) is 11.0. The summed E-state index contributed by atoms with van der Waals surface area (Å²) in [6.07, 6.45) is 1.62. The number of halogens is 1. The van der Waals surface area contributed by atoms with Crippen molar-refractivity contribution in [1.29, 1.82) is 0 Å². The number of rotatable bonds is 2. The topological polar surface area (TPSA) is 32.3 Å². The molecule has 0 aromatic heterocycles. The molecule has 1 aliphatic rings. The largest absolute Gasteiger partial charge is 0.370 e. The highest BCUT2D eigenvalue weighted by Crippen LogP contribution is 2.12. The van der Waals surface area contributed by atoms with Gasteiger partial charge in [0.2, 0.25) is 0 Å². The molecule has 1 N–H and O–H groups in total. The monoisotopic (exact) mass is 236 g/mol. The van der Waals surface area contributed by atoms with Crippen molar-refractivity contribution in [2.24, 2.45) is 0 Å². The molecule has 0 bridgehead atoms. The van der Waals surface area contributed by atoms with E-state index >= 15 is 0 Å². The van der Waals surface area contributed by atoms with Gasteiger partial charge < -0.3 is 10.2 Å². The number of hydrogen-bond donors (Lipinski definition) is 1. The van der Waals surface area contributed by atoms with Crippen molar-refractivity contribution in [3.63, 3.8) is 0 Å². The van der Waals surface area contributed by atoms with Crippen LogP contribution >= 0.6 is 11.6 Å². The Labute approximate surface area is 99.7 Å². The minimum absolute atomic E-state index is 0.00656. The molecule has 2 rings (SSSR count). The summed E-state index contributed by atoms with van der Waals surface area (Å²) in [6, 6.07) is 6.91. The minimum atomic E-state index is -0.00656. The van der Waals surface area contributed by atoms with E-state index < -0.39 is 0 Å². The highest BCUT2D eigenvalue weighted by molar-refractivity contribution is 6.30. The molecule has 1 aliphatic heterocycles. The Kier molecular flexibility index (Phi) is 3.15. The highest BCUT2D eigenvalue weighted by Gasteiger charge is 2.13. The van der Waals surface area contributed by atoms with Gasteiger partial charge >= 0.3 is 0 Å². The molecule has 0 amide bonds. The summed E-state index contributed by atoms with van der Waals surface area (Å²) in [7, 11) is 1.96. The Balaban J connectivity index is 2.16. The molecule has 0 atom stereocenters. The number of hydrogen-bond acceptors (Lipinski definition) is 3. The lowest BCUT2D eigenvalue weighted by Crippen LogP contribution is -2.15. The van der Waals surface area contributed by atoms with Crippen molar-refractivity contribution in [2.45, 2.75) is 0 Å². The van der Waals surface area contributed by atoms with E-state index in [9.17, 15) is 4.79 Å². The second kappa shape index (κ2) is 4.58. The number of carbonyl (C=O) groups excluding carboxylic acids is 1. The molecule has 1 aromatic rings. The summed E-state index contributed by atoms with van der Waals surface area (Å²) in [4.78, 5) is 13.9. The standard InChI is InChI=1S/C12H13ClN2O/c1-15-7-6-14-12(15)8-11(16)9-2-4-10(13)5-3-9/h2-5,8,14H,6-7H2,1H3/b12-8+. The molecule has 1 aromatic carbocycles. The molecular weight excluding hydrogens is 224 g/mol. The SMILES string of the molecule is CN1CCN/C1=C\C(=O)c1ccc(Cl)cc1. The number of benzene rings is 1. The zero-order chi connectivity index (χ0) is 11.5. The highest BCUT2D eigenvalue weighted by atomic mass is 35.5. The van der Waals surface area contributed by atoms with Crippen molar-refractivity contribution in [2.75, 3.05) is 20.1 Å². The van der Waals surface area contributed by atoms with Crippen LogP contribution in [0.1, 0.15) is 10.4 Å². The first-order chi connectivity index (χ1) is 7.66. The summed E-state index contributed by atoms with van der Waals surface area (Å²) in [6.45, 7) is 1.82. The third-order valence-corrected chi connectivity index (χ3v) is 2.81. The van der Waals surface area contributed by atoms with Crippen LogP contribution in [0.2, 0.25) is 5.02 Å². The number of nitrogens with one attached hydrogen (secondary N) is 1. The molecule has 16 heavy (non-hydrogen) atoms. The van der Waals surface area contributed by atoms with Gasteiger partial charge in [0, 0.05) is 36.8 Å². The first-order valence-corrected chi connectivity index (χ1v) is 5.51. The Morgan fingerprint density at radius 2 is 2.12 bits per heavy atom. The van der Waals surface area contributed by atoms with Gasteiger partial charge in [0.1, 0.15) is 5.82 Å².